The van der Waals surface area contributed by atoms with Crippen LogP contribution in [0.4, 0.5) is 0 Å². The van der Waals surface area contributed by atoms with Gasteiger partial charge in [-0.2, -0.15) is 0 Å². The Hall–Kier alpha value is -2.30. The standard InChI is InChI=1S/C26H30Cl2N2O2/c1-4-7-20-15-24(19-8-6-9-22(28)14-19)25(18-10-12-21(27)13-11-18)30(26(20)32)23(5-2)16-29-17(3)31/h4,6,8-14,20,23-25H,1,5,7,15-16H2,2-3H3,(H,29,31)/t20-,23-,24+,25+/m0/s1. The Bertz CT molecular complexity index is 961. The summed E-state index contributed by atoms with van der Waals surface area (Å²) in [5, 5.41) is 4.23. The zero-order valence-electron chi connectivity index (χ0n) is 18.6. The molecule has 0 aliphatic carbocycles. The number of benzene rings is 2. The normalized spacial score (nSPS) is 21.8. The Kier molecular flexibility index (Phi) is 8.38. The Morgan fingerprint density at radius 1 is 1.19 bits per heavy atom. The van der Waals surface area contributed by atoms with Crippen LogP contribution >= 0.6 is 23.2 Å². The van der Waals surface area contributed by atoms with E-state index in [4.69, 9.17) is 23.2 Å². The van der Waals surface area contributed by atoms with Gasteiger partial charge in [0.05, 0.1) is 6.04 Å². The largest absolute Gasteiger partial charge is 0.354 e. The van der Waals surface area contributed by atoms with Crippen LogP contribution in [-0.2, 0) is 9.59 Å². The molecule has 0 aromatic heterocycles. The van der Waals surface area contributed by atoms with E-state index in [0.29, 0.717) is 29.4 Å². The van der Waals surface area contributed by atoms with Gasteiger partial charge in [-0.3, -0.25) is 9.59 Å². The van der Waals surface area contributed by atoms with Crippen molar-refractivity contribution in [2.75, 3.05) is 6.54 Å². The van der Waals surface area contributed by atoms with Crippen molar-refractivity contribution in [3.8, 4) is 0 Å². The third-order valence-corrected chi connectivity index (χ3v) is 6.70. The van der Waals surface area contributed by atoms with Crippen molar-refractivity contribution in [2.24, 2.45) is 5.92 Å². The number of amides is 2. The molecule has 2 amide bonds. The number of rotatable bonds is 8. The summed E-state index contributed by atoms with van der Waals surface area (Å²) in [7, 11) is 0. The number of carbonyl (C=O) groups is 2. The molecule has 0 radical (unpaired) electrons. The molecule has 32 heavy (non-hydrogen) atoms. The molecular weight excluding hydrogens is 443 g/mol. The summed E-state index contributed by atoms with van der Waals surface area (Å²) >= 11 is 12.5. The second-order valence-electron chi connectivity index (χ2n) is 8.36. The summed E-state index contributed by atoms with van der Waals surface area (Å²) in [6, 6.07) is 15.2. The molecule has 2 aromatic carbocycles. The van der Waals surface area contributed by atoms with Crippen LogP contribution in [-0.4, -0.2) is 29.3 Å². The van der Waals surface area contributed by atoms with Crippen molar-refractivity contribution in [1.82, 2.24) is 10.2 Å². The minimum absolute atomic E-state index is 0.0453. The fraction of sp³-hybridized carbons (Fsp3) is 0.385. The van der Waals surface area contributed by atoms with Crippen molar-refractivity contribution in [3.05, 3.63) is 82.4 Å². The highest BCUT2D eigenvalue weighted by Gasteiger charge is 2.45. The van der Waals surface area contributed by atoms with Crippen LogP contribution in [0.25, 0.3) is 0 Å². The second kappa shape index (κ2) is 11.0. The number of likely N-dealkylation sites (tertiary alicyclic amines) is 1. The fourth-order valence-corrected chi connectivity index (χ4v) is 5.02. The molecule has 4 nitrogen and oxygen atoms in total. The second-order valence-corrected chi connectivity index (χ2v) is 9.23. The maximum atomic E-state index is 13.8. The van der Waals surface area contributed by atoms with Crippen molar-refractivity contribution >= 4 is 35.0 Å². The Balaban J connectivity index is 2.14. The van der Waals surface area contributed by atoms with Crippen LogP contribution in [0.1, 0.15) is 56.2 Å². The molecule has 2 aromatic rings. The predicted octanol–water partition coefficient (Wildman–Crippen LogP) is 6.16. The Labute approximate surface area is 200 Å². The summed E-state index contributed by atoms with van der Waals surface area (Å²) in [5.74, 6) is -0.138. The molecule has 0 spiro atoms. The number of hydrogen-bond acceptors (Lipinski definition) is 2. The highest BCUT2D eigenvalue weighted by molar-refractivity contribution is 6.30. The maximum Gasteiger partial charge on any atom is 0.226 e. The summed E-state index contributed by atoms with van der Waals surface area (Å²) in [5.41, 5.74) is 2.12. The molecular formula is C26H30Cl2N2O2. The van der Waals surface area contributed by atoms with E-state index in [0.717, 1.165) is 17.5 Å². The van der Waals surface area contributed by atoms with Crippen molar-refractivity contribution in [2.45, 2.75) is 51.1 Å². The number of carbonyl (C=O) groups excluding carboxylic acids is 2. The molecule has 1 saturated heterocycles. The van der Waals surface area contributed by atoms with E-state index in [9.17, 15) is 9.59 Å². The lowest BCUT2D eigenvalue weighted by molar-refractivity contribution is -0.147. The van der Waals surface area contributed by atoms with Gasteiger partial charge in [0, 0.05) is 41.4 Å². The molecule has 1 N–H and O–H groups in total. The first kappa shape index (κ1) is 24.3. The summed E-state index contributed by atoms with van der Waals surface area (Å²) < 4.78 is 0. The molecule has 6 heteroatoms. The monoisotopic (exact) mass is 472 g/mol. The van der Waals surface area contributed by atoms with Gasteiger partial charge in [-0.05, 0) is 54.7 Å². The Morgan fingerprint density at radius 3 is 2.50 bits per heavy atom. The smallest absolute Gasteiger partial charge is 0.226 e. The third kappa shape index (κ3) is 5.54. The zero-order valence-corrected chi connectivity index (χ0v) is 20.1. The molecule has 0 unspecified atom stereocenters. The number of halogens is 2. The minimum atomic E-state index is -0.196. The van der Waals surface area contributed by atoms with Crippen LogP contribution in [0.5, 0.6) is 0 Å². The third-order valence-electron chi connectivity index (χ3n) is 6.21. The van der Waals surface area contributed by atoms with Gasteiger partial charge in [-0.15, -0.1) is 6.58 Å². The van der Waals surface area contributed by atoms with Crippen molar-refractivity contribution < 1.29 is 9.59 Å². The number of piperidine rings is 1. The van der Waals surface area contributed by atoms with Gasteiger partial charge in [-0.1, -0.05) is 60.5 Å². The van der Waals surface area contributed by atoms with Gasteiger partial charge in [0.25, 0.3) is 0 Å². The Morgan fingerprint density at radius 2 is 1.91 bits per heavy atom. The number of nitrogens with zero attached hydrogens (tertiary/aromatic N) is 1. The lowest BCUT2D eigenvalue weighted by Gasteiger charge is -2.48. The van der Waals surface area contributed by atoms with Gasteiger partial charge in [0.1, 0.15) is 0 Å². The first-order chi connectivity index (χ1) is 15.3. The van der Waals surface area contributed by atoms with E-state index in [1.807, 2.05) is 60.4 Å². The molecule has 0 saturated carbocycles. The van der Waals surface area contributed by atoms with Crippen LogP contribution in [0, 0.1) is 5.92 Å². The lowest BCUT2D eigenvalue weighted by Crippen LogP contribution is -2.54. The average molecular weight is 473 g/mol. The van der Waals surface area contributed by atoms with Gasteiger partial charge >= 0.3 is 0 Å². The minimum Gasteiger partial charge on any atom is -0.354 e. The van der Waals surface area contributed by atoms with Gasteiger partial charge < -0.3 is 10.2 Å². The number of nitrogens with one attached hydrogen (secondary N) is 1. The van der Waals surface area contributed by atoms with Crippen molar-refractivity contribution in [1.29, 1.82) is 0 Å². The molecule has 4 atom stereocenters. The number of hydrogen-bond donors (Lipinski definition) is 1. The molecule has 3 rings (SSSR count). The van der Waals surface area contributed by atoms with E-state index < -0.39 is 0 Å². The molecule has 0 bridgehead atoms. The average Bonchev–Trinajstić information content (AvgIpc) is 2.77. The van der Waals surface area contributed by atoms with E-state index in [1.165, 1.54) is 6.92 Å². The predicted molar refractivity (Wildman–Crippen MR) is 131 cm³/mol. The molecule has 1 heterocycles. The van der Waals surface area contributed by atoms with Crippen LogP contribution in [0.2, 0.25) is 10.0 Å². The van der Waals surface area contributed by atoms with Crippen LogP contribution in [0.3, 0.4) is 0 Å². The quantitative estimate of drug-likeness (QED) is 0.467. The number of allylic oxidation sites excluding steroid dienone is 1. The van der Waals surface area contributed by atoms with Crippen LogP contribution < -0.4 is 5.32 Å². The van der Waals surface area contributed by atoms with Gasteiger partial charge in [-0.25, -0.2) is 0 Å². The van der Waals surface area contributed by atoms with Gasteiger partial charge in [0.2, 0.25) is 11.8 Å². The first-order valence-electron chi connectivity index (χ1n) is 11.0. The highest BCUT2D eigenvalue weighted by atomic mass is 35.5. The maximum absolute atomic E-state index is 13.8. The zero-order chi connectivity index (χ0) is 23.3. The molecule has 1 aliphatic heterocycles. The first-order valence-corrected chi connectivity index (χ1v) is 11.8. The van der Waals surface area contributed by atoms with E-state index >= 15 is 0 Å². The van der Waals surface area contributed by atoms with E-state index in [2.05, 4.69) is 18.0 Å². The highest BCUT2D eigenvalue weighted by Crippen LogP contribution is 2.47. The summed E-state index contributed by atoms with van der Waals surface area (Å²) in [4.78, 5) is 27.4. The molecule has 1 fully saturated rings. The lowest BCUT2D eigenvalue weighted by atomic mass is 9.74. The van der Waals surface area contributed by atoms with E-state index in [-0.39, 0.29) is 35.7 Å². The van der Waals surface area contributed by atoms with E-state index in [1.54, 1.807) is 0 Å². The van der Waals surface area contributed by atoms with Crippen molar-refractivity contribution in [3.63, 3.8) is 0 Å². The topological polar surface area (TPSA) is 49.4 Å². The fourth-order valence-electron chi connectivity index (χ4n) is 4.69. The SMILES string of the molecule is C=CC[C@H]1C[C@H](c2cccc(Cl)c2)[C@@H](c2ccc(Cl)cc2)N([C@@H](CC)CNC(C)=O)C1=O. The molecule has 1 aliphatic rings. The van der Waals surface area contributed by atoms with Gasteiger partial charge in [0.15, 0.2) is 0 Å². The van der Waals surface area contributed by atoms with Crippen LogP contribution in [0.15, 0.2) is 61.2 Å². The summed E-state index contributed by atoms with van der Waals surface area (Å²) in [6.07, 6.45) is 3.84. The summed E-state index contributed by atoms with van der Waals surface area (Å²) in [6.45, 7) is 7.82. The molecule has 170 valence electrons.